The monoisotopic (exact) mass is 316 g/mol. The summed E-state index contributed by atoms with van der Waals surface area (Å²) in [5.74, 6) is 10.6. The number of ether oxygens (including phenoxy) is 1. The quantitative estimate of drug-likeness (QED) is 0.408. The predicted molar refractivity (Wildman–Crippen MR) is 91.1 cm³/mol. The molecule has 2 N–H and O–H groups in total. The summed E-state index contributed by atoms with van der Waals surface area (Å²) in [4.78, 5) is 11.6. The summed E-state index contributed by atoms with van der Waals surface area (Å²) in [6, 6.07) is 0. The molecule has 0 aliphatic heterocycles. The fourth-order valence-corrected chi connectivity index (χ4v) is 1.43. The van der Waals surface area contributed by atoms with Gasteiger partial charge in [-0.2, -0.15) is 0 Å². The zero-order valence-corrected chi connectivity index (χ0v) is 13.7. The topological polar surface area (TPSA) is 66.8 Å². The Balaban J connectivity index is 4.36. The molecule has 1 unspecified atom stereocenters. The lowest BCUT2D eigenvalue weighted by Crippen LogP contribution is -2.18. The lowest BCUT2D eigenvalue weighted by atomic mass is 10.1. The zero-order valence-electron chi connectivity index (χ0n) is 13.7. The van der Waals surface area contributed by atoms with Crippen LogP contribution in [-0.4, -0.2) is 35.5 Å². The van der Waals surface area contributed by atoms with Gasteiger partial charge in [0.1, 0.15) is 6.10 Å². The summed E-state index contributed by atoms with van der Waals surface area (Å²) in [7, 11) is 0. The summed E-state index contributed by atoms with van der Waals surface area (Å²) in [5.41, 5.74) is 0. The highest BCUT2D eigenvalue weighted by molar-refractivity contribution is 5.69. The second-order valence-corrected chi connectivity index (χ2v) is 5.01. The Morgan fingerprint density at radius 3 is 2.43 bits per heavy atom. The SMILES string of the molecule is CC(C)CC(=O)OC(/C=C/C=C/C#CC#C/C=C/CO)CCO. The number of carbonyl (C=O) groups is 1. The molecule has 0 aromatic heterocycles. The van der Waals surface area contributed by atoms with E-state index in [2.05, 4.69) is 23.7 Å². The molecule has 124 valence electrons. The average molecular weight is 316 g/mol. The van der Waals surface area contributed by atoms with Crippen molar-refractivity contribution in [3.05, 3.63) is 36.5 Å². The molecule has 0 bridgehead atoms. The third-order valence-corrected chi connectivity index (χ3v) is 2.40. The van der Waals surface area contributed by atoms with Gasteiger partial charge in [-0.25, -0.2) is 0 Å². The van der Waals surface area contributed by atoms with Crippen molar-refractivity contribution >= 4 is 5.97 Å². The first-order valence-corrected chi connectivity index (χ1v) is 7.50. The summed E-state index contributed by atoms with van der Waals surface area (Å²) < 4.78 is 5.28. The van der Waals surface area contributed by atoms with Gasteiger partial charge >= 0.3 is 5.97 Å². The molecule has 0 aliphatic carbocycles. The highest BCUT2D eigenvalue weighted by Crippen LogP contribution is 2.07. The van der Waals surface area contributed by atoms with Crippen LogP contribution in [0.3, 0.4) is 0 Å². The van der Waals surface area contributed by atoms with E-state index in [0.717, 1.165) is 0 Å². The maximum atomic E-state index is 11.6. The molecule has 0 aliphatic rings. The molecule has 0 spiro atoms. The van der Waals surface area contributed by atoms with Crippen molar-refractivity contribution in [2.24, 2.45) is 5.92 Å². The van der Waals surface area contributed by atoms with Gasteiger partial charge in [0.15, 0.2) is 0 Å². The molecule has 23 heavy (non-hydrogen) atoms. The standard InChI is InChI=1S/C19H24O4/c1-17(2)16-19(22)23-18(13-15-21)12-10-8-6-4-3-5-7-9-11-14-20/h6,8-12,17-18,20-21H,13-16H2,1-2H3/b8-6+,11-9+,12-10+. The first kappa shape index (κ1) is 20.7. The number of hydrogen-bond donors (Lipinski definition) is 2. The van der Waals surface area contributed by atoms with Gasteiger partial charge in [0.2, 0.25) is 0 Å². The van der Waals surface area contributed by atoms with E-state index in [0.29, 0.717) is 12.8 Å². The minimum Gasteiger partial charge on any atom is -0.458 e. The van der Waals surface area contributed by atoms with E-state index < -0.39 is 6.10 Å². The van der Waals surface area contributed by atoms with E-state index in [1.807, 2.05) is 13.8 Å². The second kappa shape index (κ2) is 14.7. The Hall–Kier alpha value is -2.27. The lowest BCUT2D eigenvalue weighted by Gasteiger charge is -2.13. The molecule has 0 saturated carbocycles. The Labute approximate surface area is 138 Å². The predicted octanol–water partition coefficient (Wildman–Crippen LogP) is 1.99. The number of allylic oxidation sites excluding steroid dienone is 4. The molecule has 0 rings (SSSR count). The molecular weight excluding hydrogens is 292 g/mol. The summed E-state index contributed by atoms with van der Waals surface area (Å²) in [6.07, 6.45) is 10.1. The van der Waals surface area contributed by atoms with Gasteiger partial charge < -0.3 is 14.9 Å². The van der Waals surface area contributed by atoms with Gasteiger partial charge in [-0.1, -0.05) is 43.9 Å². The Bertz CT molecular complexity index is 533. The van der Waals surface area contributed by atoms with Gasteiger partial charge in [0.25, 0.3) is 0 Å². The van der Waals surface area contributed by atoms with Crippen LogP contribution in [0.5, 0.6) is 0 Å². The third-order valence-electron chi connectivity index (χ3n) is 2.40. The normalized spacial score (nSPS) is 12.2. The molecule has 1 atom stereocenters. The highest BCUT2D eigenvalue weighted by Gasteiger charge is 2.12. The summed E-state index contributed by atoms with van der Waals surface area (Å²) in [6.45, 7) is 3.80. The highest BCUT2D eigenvalue weighted by atomic mass is 16.5. The molecule has 4 heteroatoms. The van der Waals surface area contributed by atoms with Gasteiger partial charge in [-0.3, -0.25) is 4.79 Å². The van der Waals surface area contributed by atoms with Gasteiger partial charge in [-0.05, 0) is 36.0 Å². The maximum absolute atomic E-state index is 11.6. The smallest absolute Gasteiger partial charge is 0.306 e. The zero-order chi connectivity index (χ0) is 17.3. The van der Waals surface area contributed by atoms with Crippen molar-refractivity contribution in [3.63, 3.8) is 0 Å². The van der Waals surface area contributed by atoms with Crippen molar-refractivity contribution in [1.29, 1.82) is 0 Å². The molecule has 0 aromatic rings. The van der Waals surface area contributed by atoms with E-state index in [9.17, 15) is 4.79 Å². The summed E-state index contributed by atoms with van der Waals surface area (Å²) in [5, 5.41) is 17.5. The van der Waals surface area contributed by atoms with Crippen LogP contribution in [0.15, 0.2) is 36.5 Å². The molecule has 0 fully saturated rings. The fraction of sp³-hybridized carbons (Fsp3) is 0.421. The Morgan fingerprint density at radius 1 is 1.13 bits per heavy atom. The number of aliphatic hydroxyl groups is 2. The Kier molecular flexibility index (Phi) is 13.2. The fourth-order valence-electron chi connectivity index (χ4n) is 1.43. The molecule has 0 heterocycles. The largest absolute Gasteiger partial charge is 0.458 e. The van der Waals surface area contributed by atoms with Crippen LogP contribution in [0.2, 0.25) is 0 Å². The van der Waals surface area contributed by atoms with Crippen LogP contribution >= 0.6 is 0 Å². The van der Waals surface area contributed by atoms with Crippen molar-refractivity contribution in [3.8, 4) is 23.7 Å². The van der Waals surface area contributed by atoms with Crippen molar-refractivity contribution in [1.82, 2.24) is 0 Å². The van der Waals surface area contributed by atoms with Gasteiger partial charge in [-0.15, -0.1) is 0 Å². The van der Waals surface area contributed by atoms with Gasteiger partial charge in [0.05, 0.1) is 6.61 Å². The first-order chi connectivity index (χ1) is 11.1. The third kappa shape index (κ3) is 14.4. The van der Waals surface area contributed by atoms with Crippen LogP contribution in [0, 0.1) is 29.6 Å². The average Bonchev–Trinajstić information content (AvgIpc) is 2.48. The molecular formula is C19H24O4. The number of hydrogen-bond acceptors (Lipinski definition) is 4. The molecule has 0 amide bonds. The molecule has 0 saturated heterocycles. The van der Waals surface area contributed by atoms with Crippen LogP contribution in [0.4, 0.5) is 0 Å². The van der Waals surface area contributed by atoms with Crippen LogP contribution < -0.4 is 0 Å². The van der Waals surface area contributed by atoms with E-state index in [1.54, 1.807) is 24.3 Å². The van der Waals surface area contributed by atoms with Crippen molar-refractivity contribution in [2.75, 3.05) is 13.2 Å². The van der Waals surface area contributed by atoms with Crippen LogP contribution in [0.25, 0.3) is 0 Å². The van der Waals surface area contributed by atoms with Crippen LogP contribution in [-0.2, 0) is 9.53 Å². The maximum Gasteiger partial charge on any atom is 0.306 e. The number of carbonyl (C=O) groups excluding carboxylic acids is 1. The van der Waals surface area contributed by atoms with Crippen molar-refractivity contribution in [2.45, 2.75) is 32.8 Å². The van der Waals surface area contributed by atoms with Crippen LogP contribution in [0.1, 0.15) is 26.7 Å². The molecule has 0 radical (unpaired) electrons. The number of esters is 1. The molecule has 0 aromatic carbocycles. The second-order valence-electron chi connectivity index (χ2n) is 5.01. The number of aliphatic hydroxyl groups excluding tert-OH is 2. The van der Waals surface area contributed by atoms with E-state index >= 15 is 0 Å². The van der Waals surface area contributed by atoms with E-state index in [1.165, 1.54) is 12.2 Å². The minimum atomic E-state index is -0.438. The van der Waals surface area contributed by atoms with Crippen molar-refractivity contribution < 1.29 is 19.7 Å². The Morgan fingerprint density at radius 2 is 1.83 bits per heavy atom. The van der Waals surface area contributed by atoms with E-state index in [-0.39, 0.29) is 25.1 Å². The molecule has 4 nitrogen and oxygen atoms in total. The van der Waals surface area contributed by atoms with E-state index in [4.69, 9.17) is 14.9 Å². The number of rotatable bonds is 8. The minimum absolute atomic E-state index is 0.0381. The lowest BCUT2D eigenvalue weighted by molar-refractivity contribution is -0.148. The van der Waals surface area contributed by atoms with Gasteiger partial charge in [0, 0.05) is 19.4 Å². The first-order valence-electron chi connectivity index (χ1n) is 7.50. The summed E-state index contributed by atoms with van der Waals surface area (Å²) >= 11 is 0.